The first-order chi connectivity index (χ1) is 16.2. The average Bonchev–Trinajstić information content (AvgIpc) is 2.77. The molecule has 0 bridgehead atoms. The Morgan fingerprint density at radius 2 is 1.69 bits per heavy atom. The molecule has 1 aromatic carbocycles. The average molecular weight is 494 g/mol. The Morgan fingerprint density at radius 1 is 1.06 bits per heavy atom. The number of carbonyl (C=O) groups is 3. The van der Waals surface area contributed by atoms with Crippen LogP contribution in [0.15, 0.2) is 28.9 Å². The lowest BCUT2D eigenvalue weighted by Crippen LogP contribution is -2.62. The van der Waals surface area contributed by atoms with Crippen molar-refractivity contribution in [1.82, 2.24) is 0 Å². The number of aliphatic hydroxyl groups is 7. The Bertz CT molecular complexity index is 1210. The highest BCUT2D eigenvalue weighted by molar-refractivity contribution is 6.30. The van der Waals surface area contributed by atoms with E-state index in [0.29, 0.717) is 6.07 Å². The fourth-order valence-corrected chi connectivity index (χ4v) is 4.78. The zero-order valence-electron chi connectivity index (χ0n) is 18.0. The summed E-state index contributed by atoms with van der Waals surface area (Å²) in [7, 11) is 0. The maximum absolute atomic E-state index is 13.4. The number of carboxylic acids is 1. The van der Waals surface area contributed by atoms with Gasteiger partial charge in [-0.25, -0.2) is 4.79 Å². The second kappa shape index (κ2) is 8.29. The van der Waals surface area contributed by atoms with Crippen LogP contribution >= 0.6 is 0 Å². The zero-order valence-corrected chi connectivity index (χ0v) is 18.0. The van der Waals surface area contributed by atoms with E-state index in [2.05, 4.69) is 0 Å². The van der Waals surface area contributed by atoms with Crippen molar-refractivity contribution in [3.63, 3.8) is 0 Å². The van der Waals surface area contributed by atoms with Gasteiger partial charge in [0.15, 0.2) is 11.6 Å². The number of ether oxygens (including phenoxy) is 1. The number of aromatic carboxylic acids is 1. The molecule has 0 radical (unpaired) electrons. The molecule has 35 heavy (non-hydrogen) atoms. The minimum Gasteiger partial charge on any atom is -0.507 e. The number of aliphatic hydroxyl groups excluding tert-OH is 5. The zero-order chi connectivity index (χ0) is 26.1. The molecule has 13 nitrogen and oxygen atoms in total. The molecule has 1 heterocycles. The van der Waals surface area contributed by atoms with Crippen LogP contribution in [0.5, 0.6) is 5.75 Å². The van der Waals surface area contributed by atoms with Crippen molar-refractivity contribution < 1.29 is 65.1 Å². The summed E-state index contributed by atoms with van der Waals surface area (Å²) < 4.78 is 5.34. The van der Waals surface area contributed by atoms with Crippen LogP contribution in [0, 0.1) is 6.92 Å². The molecule has 1 saturated heterocycles. The van der Waals surface area contributed by atoms with E-state index in [9.17, 15) is 60.3 Å². The number of hydrogen-bond donors (Lipinski definition) is 9. The third-order valence-electron chi connectivity index (χ3n) is 6.58. The van der Waals surface area contributed by atoms with E-state index < -0.39 is 106 Å². The minimum atomic E-state index is -3.42. The molecule has 1 aliphatic heterocycles. The lowest BCUT2D eigenvalue weighted by molar-refractivity contribution is -0.232. The molecule has 0 saturated carbocycles. The maximum atomic E-state index is 13.4. The molecule has 1 aromatic rings. The Kier molecular flexibility index (Phi) is 5.94. The summed E-state index contributed by atoms with van der Waals surface area (Å²) in [5, 5.41) is 91.5. The first kappa shape index (κ1) is 25.1. The molecule has 2 aliphatic carbocycles. The molecule has 6 atom stereocenters. The Balaban J connectivity index is 1.92. The molecule has 1 fully saturated rings. The fraction of sp³-hybridized carbons (Fsp3) is 0.409. The van der Waals surface area contributed by atoms with Crippen molar-refractivity contribution in [3.8, 4) is 5.75 Å². The Hall–Kier alpha value is -3.01. The Labute approximate surface area is 196 Å². The fourth-order valence-electron chi connectivity index (χ4n) is 4.78. The number of rotatable bonds is 3. The molecular formula is C22H22O13. The number of Topliss-reactive ketones (excluding diaryl/α,β-unsaturated/α-hetero) is 2. The summed E-state index contributed by atoms with van der Waals surface area (Å²) in [4.78, 5) is 38.1. The van der Waals surface area contributed by atoms with Gasteiger partial charge in [-0.1, -0.05) is 0 Å². The van der Waals surface area contributed by atoms with Gasteiger partial charge in [0.1, 0.15) is 47.9 Å². The first-order valence-corrected chi connectivity index (χ1v) is 10.3. The van der Waals surface area contributed by atoms with Gasteiger partial charge in [0.05, 0.1) is 12.2 Å². The van der Waals surface area contributed by atoms with Crippen molar-refractivity contribution in [2.24, 2.45) is 0 Å². The second-order valence-electron chi connectivity index (χ2n) is 8.59. The molecule has 0 spiro atoms. The van der Waals surface area contributed by atoms with E-state index in [4.69, 9.17) is 4.74 Å². The highest BCUT2D eigenvalue weighted by atomic mass is 16.6. The number of allylic oxidation sites excluding steroid dienone is 2. The molecule has 188 valence electrons. The van der Waals surface area contributed by atoms with Crippen LogP contribution in [0.25, 0.3) is 0 Å². The van der Waals surface area contributed by atoms with Crippen LogP contribution < -0.4 is 0 Å². The largest absolute Gasteiger partial charge is 0.507 e. The van der Waals surface area contributed by atoms with E-state index in [1.165, 1.54) is 6.92 Å². The number of carbonyl (C=O) groups excluding carboxylic acids is 2. The summed E-state index contributed by atoms with van der Waals surface area (Å²) >= 11 is 0. The van der Waals surface area contributed by atoms with Gasteiger partial charge in [0, 0.05) is 16.7 Å². The number of ketones is 2. The van der Waals surface area contributed by atoms with Crippen LogP contribution in [-0.2, 0) is 4.74 Å². The summed E-state index contributed by atoms with van der Waals surface area (Å²) in [5.41, 5.74) is -4.05. The lowest BCUT2D eigenvalue weighted by Gasteiger charge is -2.45. The molecule has 9 N–H and O–H groups in total. The van der Waals surface area contributed by atoms with Crippen molar-refractivity contribution in [2.75, 3.05) is 6.61 Å². The SMILES string of the molecule is Cc1c(C(=O)O)c(O)cc2c1C(=O)C1=C(C2=O)C(O)(O)C(O)C([C@H]2O[C@H](CO)[C@@H](O)[C@H](O)[C@H]2O)=C1. The van der Waals surface area contributed by atoms with Crippen LogP contribution in [0.2, 0.25) is 0 Å². The smallest absolute Gasteiger partial charge is 0.339 e. The van der Waals surface area contributed by atoms with Gasteiger partial charge < -0.3 is 50.7 Å². The highest BCUT2D eigenvalue weighted by Crippen LogP contribution is 2.44. The number of hydrogen-bond acceptors (Lipinski definition) is 12. The van der Waals surface area contributed by atoms with Gasteiger partial charge in [0.2, 0.25) is 5.79 Å². The van der Waals surface area contributed by atoms with E-state index in [-0.39, 0.29) is 5.56 Å². The highest BCUT2D eigenvalue weighted by Gasteiger charge is 2.55. The molecule has 0 amide bonds. The van der Waals surface area contributed by atoms with E-state index in [1.807, 2.05) is 0 Å². The standard InChI is InChI=1S/C22H22O13/c1-5-11-6(3-9(24)12(5)21(31)32)15(26)13-7(14(11)25)2-8(20(30)22(13,33)34)19-18(29)17(28)16(27)10(4-23)35-19/h2-3,10,16-20,23-24,27-30,33-34H,4H2,1H3,(H,31,32)/t10-,16-,17+,18-,19-,20?/m1/s1. The topological polar surface area (TPSA) is 243 Å². The van der Waals surface area contributed by atoms with E-state index in [0.717, 1.165) is 6.08 Å². The van der Waals surface area contributed by atoms with Crippen molar-refractivity contribution in [1.29, 1.82) is 0 Å². The number of carboxylic acid groups (broad SMARTS) is 1. The van der Waals surface area contributed by atoms with Gasteiger partial charge in [-0.3, -0.25) is 9.59 Å². The number of benzene rings is 1. The number of fused-ring (bicyclic) bond motifs is 1. The van der Waals surface area contributed by atoms with Crippen LogP contribution in [-0.4, -0.2) is 113 Å². The van der Waals surface area contributed by atoms with Crippen molar-refractivity contribution >= 4 is 17.5 Å². The predicted molar refractivity (Wildman–Crippen MR) is 111 cm³/mol. The van der Waals surface area contributed by atoms with Crippen LogP contribution in [0.3, 0.4) is 0 Å². The maximum Gasteiger partial charge on any atom is 0.339 e. The summed E-state index contributed by atoms with van der Waals surface area (Å²) in [5.74, 6) is -8.07. The minimum absolute atomic E-state index is 0.271. The van der Waals surface area contributed by atoms with Crippen LogP contribution in [0.4, 0.5) is 0 Å². The third kappa shape index (κ3) is 3.44. The molecule has 13 heteroatoms. The number of aromatic hydroxyl groups is 1. The summed E-state index contributed by atoms with van der Waals surface area (Å²) in [6.45, 7) is 0.345. The summed E-state index contributed by atoms with van der Waals surface area (Å²) in [6.07, 6.45) is -10.3. The normalized spacial score (nSPS) is 32.2. The van der Waals surface area contributed by atoms with Gasteiger partial charge in [-0.15, -0.1) is 0 Å². The lowest BCUT2D eigenvalue weighted by atomic mass is 9.71. The molecular weight excluding hydrogens is 472 g/mol. The second-order valence-corrected chi connectivity index (χ2v) is 8.59. The van der Waals surface area contributed by atoms with Gasteiger partial charge in [0.25, 0.3) is 0 Å². The number of phenols is 1. The quantitative estimate of drug-likeness (QED) is 0.189. The van der Waals surface area contributed by atoms with Gasteiger partial charge in [-0.2, -0.15) is 0 Å². The predicted octanol–water partition coefficient (Wildman–Crippen LogP) is -3.10. The third-order valence-corrected chi connectivity index (χ3v) is 6.58. The molecule has 1 unspecified atom stereocenters. The summed E-state index contributed by atoms with van der Waals surface area (Å²) in [6, 6.07) is 0.703. The molecule has 3 aliphatic rings. The van der Waals surface area contributed by atoms with Gasteiger partial charge in [-0.05, 0) is 30.2 Å². The van der Waals surface area contributed by atoms with E-state index in [1.54, 1.807) is 0 Å². The first-order valence-electron chi connectivity index (χ1n) is 10.3. The molecule has 4 rings (SSSR count). The van der Waals surface area contributed by atoms with Gasteiger partial charge >= 0.3 is 5.97 Å². The van der Waals surface area contributed by atoms with Crippen molar-refractivity contribution in [3.05, 3.63) is 51.1 Å². The van der Waals surface area contributed by atoms with Crippen molar-refractivity contribution in [2.45, 2.75) is 49.3 Å². The molecule has 0 aromatic heterocycles. The van der Waals surface area contributed by atoms with Crippen LogP contribution in [0.1, 0.15) is 36.6 Å². The van der Waals surface area contributed by atoms with E-state index >= 15 is 0 Å². The Morgan fingerprint density at radius 3 is 2.26 bits per heavy atom. The monoisotopic (exact) mass is 494 g/mol.